The van der Waals surface area contributed by atoms with Crippen LogP contribution in [0, 0.1) is 11.3 Å². The number of benzene rings is 3. The first-order valence-corrected chi connectivity index (χ1v) is 14.6. The molecule has 0 aliphatic carbocycles. The average Bonchev–Trinajstić information content (AvgIpc) is 3.39. The lowest BCUT2D eigenvalue weighted by molar-refractivity contribution is -0.141. The molecule has 2 heterocycles. The first-order valence-electron chi connectivity index (χ1n) is 13.8. The molecule has 2 atom stereocenters. The van der Waals surface area contributed by atoms with Crippen LogP contribution in [0.25, 0.3) is 0 Å². The molecule has 3 aromatic rings. The number of piperazine rings is 1. The zero-order valence-corrected chi connectivity index (χ0v) is 26.0. The molecule has 0 aromatic heterocycles. The summed E-state index contributed by atoms with van der Waals surface area (Å²) in [4.78, 5) is 18.3. The van der Waals surface area contributed by atoms with Crippen molar-refractivity contribution >= 4 is 41.5 Å². The Morgan fingerprint density at radius 1 is 0.955 bits per heavy atom. The Labute approximate surface area is 270 Å². The topological polar surface area (TPSA) is 80.6 Å². The Bertz CT molecular complexity index is 1440. The molecule has 2 unspecified atom stereocenters. The zero-order valence-electron chi connectivity index (χ0n) is 23.7. The van der Waals surface area contributed by atoms with Gasteiger partial charge in [-0.3, -0.25) is 20.3 Å². The van der Waals surface area contributed by atoms with Crippen molar-refractivity contribution in [3.8, 4) is 11.8 Å². The summed E-state index contributed by atoms with van der Waals surface area (Å²) < 4.78 is 47.1. The summed E-state index contributed by atoms with van der Waals surface area (Å²) >= 11 is 12.4. The normalized spacial score (nSPS) is 22.2. The summed E-state index contributed by atoms with van der Waals surface area (Å²) in [6.45, 7) is 3.67. The highest BCUT2D eigenvalue weighted by atomic mass is 35.5. The lowest BCUT2D eigenvalue weighted by atomic mass is 9.94. The molecule has 234 valence electrons. The summed E-state index contributed by atoms with van der Waals surface area (Å²) in [6, 6.07) is 18.7. The fraction of sp³-hybridized carbons (Fsp3) is 0.355. The van der Waals surface area contributed by atoms with Crippen molar-refractivity contribution in [3.63, 3.8) is 0 Å². The second kappa shape index (κ2) is 13.9. The number of alkyl halides is 3. The number of carbonyl (C=O) groups excluding carboxylic acids is 1. The minimum absolute atomic E-state index is 0. The quantitative estimate of drug-likeness (QED) is 0.287. The van der Waals surface area contributed by atoms with Crippen molar-refractivity contribution in [2.24, 2.45) is 0 Å². The molecule has 2 saturated heterocycles. The second-order valence-corrected chi connectivity index (χ2v) is 11.3. The minimum Gasteiger partial charge on any atom is -0.493 e. The lowest BCUT2D eigenvalue weighted by Crippen LogP contribution is -2.62. The molecule has 7 nitrogen and oxygen atoms in total. The minimum atomic E-state index is -4.60. The van der Waals surface area contributed by atoms with Crippen molar-refractivity contribution in [3.05, 3.63) is 99.0 Å². The number of hydrogen-bond acceptors (Lipinski definition) is 6. The molecular weight excluding hydrogens is 638 g/mol. The number of halogens is 6. The van der Waals surface area contributed by atoms with Gasteiger partial charge in [-0.05, 0) is 54.4 Å². The van der Waals surface area contributed by atoms with Gasteiger partial charge < -0.3 is 9.64 Å². The predicted molar refractivity (Wildman–Crippen MR) is 165 cm³/mol. The lowest BCUT2D eigenvalue weighted by Gasteiger charge is -2.40. The smallest absolute Gasteiger partial charge is 0.416 e. The van der Waals surface area contributed by atoms with Crippen molar-refractivity contribution in [1.29, 1.82) is 5.26 Å². The number of carbonyl (C=O) groups is 1. The van der Waals surface area contributed by atoms with E-state index in [1.807, 2.05) is 29.2 Å². The van der Waals surface area contributed by atoms with Crippen LogP contribution in [0.1, 0.15) is 41.3 Å². The van der Waals surface area contributed by atoms with Crippen LogP contribution in [-0.2, 0) is 16.6 Å². The Morgan fingerprint density at radius 3 is 1.93 bits per heavy atom. The van der Waals surface area contributed by atoms with Gasteiger partial charge in [-0.2, -0.15) is 18.4 Å². The van der Waals surface area contributed by atoms with Gasteiger partial charge in [-0.25, -0.2) is 0 Å². The third-order valence-corrected chi connectivity index (χ3v) is 8.33. The van der Waals surface area contributed by atoms with E-state index in [0.29, 0.717) is 36.2 Å². The van der Waals surface area contributed by atoms with Crippen LogP contribution >= 0.6 is 35.6 Å². The molecule has 0 spiro atoms. The van der Waals surface area contributed by atoms with E-state index >= 15 is 0 Å². The number of rotatable bonds is 7. The van der Waals surface area contributed by atoms with E-state index in [0.717, 1.165) is 23.3 Å². The van der Waals surface area contributed by atoms with Crippen molar-refractivity contribution in [2.75, 3.05) is 39.3 Å². The summed E-state index contributed by atoms with van der Waals surface area (Å²) in [5, 5.41) is 17.2. The SMILES string of the molecule is CCOc1cc(C(F)(F)F)ccc1C1(C(=O)N2CCN(CC#N)CC2)NC(c2ccc(Cl)cc2)C(c2ccc(Cl)cc2)N1.Cl. The molecule has 2 aliphatic heterocycles. The molecule has 13 heteroatoms. The van der Waals surface area contributed by atoms with Crippen LogP contribution in [0.5, 0.6) is 5.75 Å². The second-order valence-electron chi connectivity index (χ2n) is 10.5. The highest BCUT2D eigenvalue weighted by molar-refractivity contribution is 6.30. The van der Waals surface area contributed by atoms with E-state index in [2.05, 4.69) is 16.7 Å². The Kier molecular flexibility index (Phi) is 10.7. The van der Waals surface area contributed by atoms with E-state index in [1.165, 1.54) is 6.07 Å². The highest BCUT2D eigenvalue weighted by Crippen LogP contribution is 2.46. The van der Waals surface area contributed by atoms with E-state index in [4.69, 9.17) is 33.2 Å². The molecule has 0 radical (unpaired) electrons. The summed E-state index contributed by atoms with van der Waals surface area (Å²) in [6.07, 6.45) is -4.60. The molecule has 5 rings (SSSR count). The van der Waals surface area contributed by atoms with E-state index < -0.39 is 29.5 Å². The Balaban J connectivity index is 0.00000442. The van der Waals surface area contributed by atoms with Gasteiger partial charge in [0.2, 0.25) is 0 Å². The van der Waals surface area contributed by atoms with E-state index in [9.17, 15) is 18.0 Å². The fourth-order valence-corrected chi connectivity index (χ4v) is 5.94. The van der Waals surface area contributed by atoms with Crippen molar-refractivity contribution in [2.45, 2.75) is 30.8 Å². The van der Waals surface area contributed by atoms with Gasteiger partial charge in [0.25, 0.3) is 5.91 Å². The van der Waals surface area contributed by atoms with E-state index in [-0.39, 0.29) is 42.8 Å². The molecule has 2 N–H and O–H groups in total. The van der Waals surface area contributed by atoms with Crippen LogP contribution in [0.2, 0.25) is 10.0 Å². The summed E-state index contributed by atoms with van der Waals surface area (Å²) in [5.41, 5.74) is -0.678. The third kappa shape index (κ3) is 6.94. The van der Waals surface area contributed by atoms with Gasteiger partial charge in [0, 0.05) is 41.8 Å². The van der Waals surface area contributed by atoms with Crippen molar-refractivity contribution in [1.82, 2.24) is 20.4 Å². The molecule has 0 bridgehead atoms. The maximum atomic E-state index is 14.7. The number of hydrogen-bond donors (Lipinski definition) is 2. The standard InChI is InChI=1S/C31H30Cl2F3N5O2.ClH/c1-2-43-26-19-22(31(34,35)36)7-12-25(26)30(29(42)41-17-15-40(14-13-37)16-18-41)38-27(20-3-8-23(32)9-4-20)28(39-30)21-5-10-24(33)11-6-21;/h3-12,19,27-28,38-39H,2,14-18H2,1H3;1H. The molecule has 2 fully saturated rings. The number of nitrogens with zero attached hydrogens (tertiary/aromatic N) is 3. The van der Waals surface area contributed by atoms with Gasteiger partial charge in [-0.1, -0.05) is 53.5 Å². The van der Waals surface area contributed by atoms with Crippen LogP contribution < -0.4 is 15.4 Å². The van der Waals surface area contributed by atoms with Gasteiger partial charge >= 0.3 is 6.18 Å². The molecule has 0 saturated carbocycles. The largest absolute Gasteiger partial charge is 0.493 e. The fourth-order valence-electron chi connectivity index (χ4n) is 5.69. The first kappa shape index (κ1) is 33.8. The monoisotopic (exact) mass is 667 g/mol. The van der Waals surface area contributed by atoms with Gasteiger partial charge in [0.05, 0.1) is 36.9 Å². The maximum Gasteiger partial charge on any atom is 0.416 e. The molecule has 1 amide bonds. The highest BCUT2D eigenvalue weighted by Gasteiger charge is 2.54. The number of amides is 1. The van der Waals surface area contributed by atoms with Crippen LogP contribution in [0.4, 0.5) is 13.2 Å². The predicted octanol–water partition coefficient (Wildman–Crippen LogP) is 6.33. The first-order chi connectivity index (χ1) is 20.6. The Morgan fingerprint density at radius 2 is 1.48 bits per heavy atom. The maximum absolute atomic E-state index is 14.7. The summed E-state index contributed by atoms with van der Waals surface area (Å²) in [7, 11) is 0. The summed E-state index contributed by atoms with van der Waals surface area (Å²) in [5.74, 6) is -0.416. The van der Waals surface area contributed by atoms with Crippen LogP contribution in [-0.4, -0.2) is 55.0 Å². The van der Waals surface area contributed by atoms with Gasteiger partial charge in [0.1, 0.15) is 5.75 Å². The van der Waals surface area contributed by atoms with Gasteiger partial charge in [-0.15, -0.1) is 12.4 Å². The number of nitrogens with one attached hydrogen (secondary N) is 2. The third-order valence-electron chi connectivity index (χ3n) is 7.82. The van der Waals surface area contributed by atoms with Crippen molar-refractivity contribution < 1.29 is 22.7 Å². The molecule has 2 aliphatic rings. The molecule has 44 heavy (non-hydrogen) atoms. The number of ether oxygens (including phenoxy) is 1. The van der Waals surface area contributed by atoms with Crippen LogP contribution in [0.3, 0.4) is 0 Å². The van der Waals surface area contributed by atoms with Crippen LogP contribution in [0.15, 0.2) is 66.7 Å². The Hall–Kier alpha value is -3.04. The van der Waals surface area contributed by atoms with Gasteiger partial charge in [0.15, 0.2) is 5.66 Å². The number of nitriles is 1. The average molecular weight is 669 g/mol. The zero-order chi connectivity index (χ0) is 30.8. The molecule has 3 aromatic carbocycles. The van der Waals surface area contributed by atoms with E-state index in [1.54, 1.807) is 36.1 Å². The molecular formula is C31H31Cl3F3N5O2.